The fourth-order valence-corrected chi connectivity index (χ4v) is 1.81. The summed E-state index contributed by atoms with van der Waals surface area (Å²) in [5, 5.41) is 11.3. The fourth-order valence-electron chi connectivity index (χ4n) is 1.81. The highest BCUT2D eigenvalue weighted by Gasteiger charge is 2.17. The van der Waals surface area contributed by atoms with E-state index in [9.17, 15) is 4.39 Å². The molecule has 20 heavy (non-hydrogen) atoms. The lowest BCUT2D eigenvalue weighted by molar-refractivity contribution is 0.0163. The van der Waals surface area contributed by atoms with Crippen LogP contribution in [0.25, 0.3) is 11.4 Å². The summed E-state index contributed by atoms with van der Waals surface area (Å²) in [4.78, 5) is 0. The topological polar surface area (TPSA) is 88.1 Å². The third-order valence-corrected chi connectivity index (χ3v) is 2.83. The van der Waals surface area contributed by atoms with Gasteiger partial charge in [0, 0.05) is 19.9 Å². The second-order valence-corrected chi connectivity index (χ2v) is 4.24. The summed E-state index contributed by atoms with van der Waals surface area (Å²) in [6, 6.07) is 4.26. The molecule has 8 heteroatoms. The van der Waals surface area contributed by atoms with Gasteiger partial charge in [0.2, 0.25) is 0 Å². The molecule has 2 rings (SSSR count). The molecule has 0 aliphatic heterocycles. The van der Waals surface area contributed by atoms with Crippen molar-refractivity contribution in [2.75, 3.05) is 26.6 Å². The molecule has 1 aromatic carbocycles. The minimum Gasteiger partial charge on any atom is -0.399 e. The molecule has 108 valence electrons. The highest BCUT2D eigenvalue weighted by atomic mass is 19.1. The van der Waals surface area contributed by atoms with E-state index in [0.717, 1.165) is 0 Å². The molecule has 0 aliphatic carbocycles. The average Bonchev–Trinajstić information content (AvgIpc) is 2.89. The number of rotatable bonds is 6. The van der Waals surface area contributed by atoms with Crippen LogP contribution in [0.1, 0.15) is 0 Å². The zero-order chi connectivity index (χ0) is 14.5. The van der Waals surface area contributed by atoms with E-state index in [1.165, 1.54) is 22.9 Å². The van der Waals surface area contributed by atoms with Crippen molar-refractivity contribution in [3.63, 3.8) is 0 Å². The maximum Gasteiger partial charge on any atom is 0.185 e. The number of hydrogen-bond acceptors (Lipinski definition) is 6. The van der Waals surface area contributed by atoms with Gasteiger partial charge in [-0.1, -0.05) is 0 Å². The number of nitrogens with two attached hydrogens (primary N) is 1. The van der Waals surface area contributed by atoms with Crippen LogP contribution in [-0.2, 0) is 16.0 Å². The normalized spacial score (nSPS) is 12.6. The lowest BCUT2D eigenvalue weighted by Crippen LogP contribution is -2.25. The number of methoxy groups -OCH3 is 2. The van der Waals surface area contributed by atoms with Crippen molar-refractivity contribution >= 4 is 5.69 Å². The van der Waals surface area contributed by atoms with Gasteiger partial charge < -0.3 is 15.2 Å². The van der Waals surface area contributed by atoms with Gasteiger partial charge in [-0.2, -0.15) is 0 Å². The molecular formula is C12H16FN5O2. The van der Waals surface area contributed by atoms with Crippen molar-refractivity contribution in [1.82, 2.24) is 20.2 Å². The Labute approximate surface area is 115 Å². The Morgan fingerprint density at radius 3 is 2.90 bits per heavy atom. The van der Waals surface area contributed by atoms with E-state index in [1.54, 1.807) is 14.2 Å². The summed E-state index contributed by atoms with van der Waals surface area (Å²) in [6.07, 6.45) is -0.230. The Morgan fingerprint density at radius 2 is 2.20 bits per heavy atom. The van der Waals surface area contributed by atoms with Crippen molar-refractivity contribution in [2.45, 2.75) is 12.6 Å². The first kappa shape index (κ1) is 14.4. The Bertz CT molecular complexity index is 575. The number of anilines is 1. The second-order valence-electron chi connectivity index (χ2n) is 4.24. The molecule has 0 radical (unpaired) electrons. The summed E-state index contributed by atoms with van der Waals surface area (Å²) in [6.45, 7) is 0.732. The van der Waals surface area contributed by atoms with E-state index in [4.69, 9.17) is 15.2 Å². The average molecular weight is 281 g/mol. The molecule has 1 aromatic heterocycles. The minimum absolute atomic E-state index is 0.230. The first-order valence-electron chi connectivity index (χ1n) is 5.99. The summed E-state index contributed by atoms with van der Waals surface area (Å²) in [5.41, 5.74) is 6.36. The number of nitrogens with zero attached hydrogens (tertiary/aromatic N) is 4. The van der Waals surface area contributed by atoms with Gasteiger partial charge in [0.25, 0.3) is 0 Å². The highest BCUT2D eigenvalue weighted by Crippen LogP contribution is 2.22. The van der Waals surface area contributed by atoms with Gasteiger partial charge in [0.05, 0.1) is 18.7 Å². The summed E-state index contributed by atoms with van der Waals surface area (Å²) in [7, 11) is 3.14. The molecule has 0 saturated heterocycles. The number of tetrazole rings is 1. The maximum atomic E-state index is 13.9. The SMILES string of the molecule is COCC(Cn1nnnc1-c1cc(N)ccc1F)OC. The molecule has 7 nitrogen and oxygen atoms in total. The van der Waals surface area contributed by atoms with Gasteiger partial charge in [-0.25, -0.2) is 9.07 Å². The smallest absolute Gasteiger partial charge is 0.185 e. The molecule has 0 amide bonds. The number of benzene rings is 1. The lowest BCUT2D eigenvalue weighted by atomic mass is 10.1. The van der Waals surface area contributed by atoms with Gasteiger partial charge in [0.15, 0.2) is 5.82 Å². The molecule has 0 bridgehead atoms. The van der Waals surface area contributed by atoms with Crippen molar-refractivity contribution in [2.24, 2.45) is 0 Å². The molecule has 1 unspecified atom stereocenters. The van der Waals surface area contributed by atoms with Crippen LogP contribution in [0.15, 0.2) is 18.2 Å². The van der Waals surface area contributed by atoms with Crippen molar-refractivity contribution < 1.29 is 13.9 Å². The maximum absolute atomic E-state index is 13.9. The van der Waals surface area contributed by atoms with E-state index < -0.39 is 5.82 Å². The van der Waals surface area contributed by atoms with Gasteiger partial charge in [0.1, 0.15) is 11.9 Å². The molecule has 2 N–H and O–H groups in total. The molecule has 1 heterocycles. The van der Waals surface area contributed by atoms with Crippen LogP contribution in [0.5, 0.6) is 0 Å². The Morgan fingerprint density at radius 1 is 1.40 bits per heavy atom. The van der Waals surface area contributed by atoms with E-state index in [-0.39, 0.29) is 11.7 Å². The number of aromatic nitrogens is 4. The minimum atomic E-state index is -0.434. The van der Waals surface area contributed by atoms with Gasteiger partial charge in [-0.05, 0) is 28.6 Å². The lowest BCUT2D eigenvalue weighted by Gasteiger charge is -2.14. The van der Waals surface area contributed by atoms with E-state index >= 15 is 0 Å². The van der Waals surface area contributed by atoms with Crippen LogP contribution in [0.3, 0.4) is 0 Å². The third kappa shape index (κ3) is 3.09. The van der Waals surface area contributed by atoms with Crippen LogP contribution in [0.4, 0.5) is 10.1 Å². The number of nitrogen functional groups attached to an aromatic ring is 1. The van der Waals surface area contributed by atoms with Crippen LogP contribution >= 0.6 is 0 Å². The Hall–Kier alpha value is -2.06. The van der Waals surface area contributed by atoms with Gasteiger partial charge >= 0.3 is 0 Å². The van der Waals surface area contributed by atoms with Crippen molar-refractivity contribution in [3.8, 4) is 11.4 Å². The number of ether oxygens (including phenoxy) is 2. The first-order valence-corrected chi connectivity index (χ1v) is 5.99. The molecule has 0 aliphatic rings. The van der Waals surface area contributed by atoms with E-state index in [1.807, 2.05) is 0 Å². The van der Waals surface area contributed by atoms with Gasteiger partial charge in [-0.15, -0.1) is 5.10 Å². The zero-order valence-electron chi connectivity index (χ0n) is 11.3. The predicted molar refractivity (Wildman–Crippen MR) is 70.3 cm³/mol. The van der Waals surface area contributed by atoms with Crippen molar-refractivity contribution in [1.29, 1.82) is 0 Å². The van der Waals surface area contributed by atoms with Crippen LogP contribution in [-0.4, -0.2) is 47.1 Å². The summed E-state index contributed by atoms with van der Waals surface area (Å²) in [5.74, 6) is -0.135. The zero-order valence-corrected chi connectivity index (χ0v) is 11.3. The standard InChI is InChI=1S/C12H16FN5O2/c1-19-7-9(20-2)6-18-12(15-16-17-18)10-5-8(14)3-4-11(10)13/h3-5,9H,6-7,14H2,1-2H3. The quantitative estimate of drug-likeness (QED) is 0.785. The van der Waals surface area contributed by atoms with Crippen molar-refractivity contribution in [3.05, 3.63) is 24.0 Å². The molecular weight excluding hydrogens is 265 g/mol. The third-order valence-electron chi connectivity index (χ3n) is 2.83. The molecule has 0 saturated carbocycles. The summed E-state index contributed by atoms with van der Waals surface area (Å²) < 4.78 is 25.6. The second kappa shape index (κ2) is 6.40. The predicted octanol–water partition coefficient (Wildman–Crippen LogP) is 0.723. The number of halogens is 1. The molecule has 2 aromatic rings. The van der Waals surface area contributed by atoms with E-state index in [0.29, 0.717) is 24.7 Å². The summed E-state index contributed by atoms with van der Waals surface area (Å²) >= 11 is 0. The molecule has 1 atom stereocenters. The van der Waals surface area contributed by atoms with Crippen LogP contribution < -0.4 is 5.73 Å². The fraction of sp³-hybridized carbons (Fsp3) is 0.417. The molecule has 0 spiro atoms. The monoisotopic (exact) mass is 281 g/mol. The van der Waals surface area contributed by atoms with Crippen LogP contribution in [0, 0.1) is 5.82 Å². The largest absolute Gasteiger partial charge is 0.399 e. The van der Waals surface area contributed by atoms with Crippen LogP contribution in [0.2, 0.25) is 0 Å². The van der Waals surface area contributed by atoms with E-state index in [2.05, 4.69) is 15.5 Å². The first-order chi connectivity index (χ1) is 9.65. The molecule has 0 fully saturated rings. The Balaban J connectivity index is 2.30. The Kier molecular flexibility index (Phi) is 4.59. The van der Waals surface area contributed by atoms with Gasteiger partial charge in [-0.3, -0.25) is 0 Å². The number of hydrogen-bond donors (Lipinski definition) is 1. The highest BCUT2D eigenvalue weighted by molar-refractivity contribution is 5.61.